The minimum Gasteiger partial charge on any atom is -0.372 e. The quantitative estimate of drug-likeness (QED) is 0.839. The highest BCUT2D eigenvalue weighted by Gasteiger charge is 2.15. The number of halogens is 1. The van der Waals surface area contributed by atoms with Gasteiger partial charge in [-0.25, -0.2) is 4.98 Å². The molecule has 0 aromatic carbocycles. The summed E-state index contributed by atoms with van der Waals surface area (Å²) in [6.45, 7) is 3.58. The van der Waals surface area contributed by atoms with Crippen molar-refractivity contribution in [2.75, 3.05) is 11.9 Å². The second kappa shape index (κ2) is 7.71. The van der Waals surface area contributed by atoms with Crippen LogP contribution in [0.5, 0.6) is 0 Å². The average Bonchev–Trinajstić information content (AvgIpc) is 2.46. The van der Waals surface area contributed by atoms with Gasteiger partial charge in [0.15, 0.2) is 0 Å². The Kier molecular flexibility index (Phi) is 5.93. The third kappa shape index (κ3) is 4.66. The van der Waals surface area contributed by atoms with Gasteiger partial charge in [0, 0.05) is 6.54 Å². The summed E-state index contributed by atoms with van der Waals surface area (Å²) in [6, 6.07) is 3.81. The first-order valence-electron chi connectivity index (χ1n) is 7.30. The minimum absolute atomic E-state index is 0.388. The maximum absolute atomic E-state index is 6.18. The van der Waals surface area contributed by atoms with Crippen molar-refractivity contribution in [3.05, 3.63) is 22.8 Å². The molecule has 2 rings (SSSR count). The molecular weight excluding hydrogens is 260 g/mol. The van der Waals surface area contributed by atoms with Crippen LogP contribution in [0.2, 0.25) is 5.02 Å². The van der Waals surface area contributed by atoms with Crippen LogP contribution in [0.15, 0.2) is 12.1 Å². The fourth-order valence-corrected chi connectivity index (χ4v) is 2.53. The molecule has 4 heteroatoms. The molecule has 1 saturated carbocycles. The molecule has 0 saturated heterocycles. The van der Waals surface area contributed by atoms with E-state index in [-0.39, 0.29) is 0 Å². The summed E-state index contributed by atoms with van der Waals surface area (Å²) in [6.07, 6.45) is 7.72. The smallest absolute Gasteiger partial charge is 0.126 e. The van der Waals surface area contributed by atoms with E-state index in [0.29, 0.717) is 17.7 Å². The maximum atomic E-state index is 6.18. The van der Waals surface area contributed by atoms with Crippen LogP contribution in [0.1, 0.15) is 51.1 Å². The molecule has 19 heavy (non-hydrogen) atoms. The molecule has 0 aliphatic heterocycles. The minimum atomic E-state index is 0.388. The van der Waals surface area contributed by atoms with Gasteiger partial charge in [0.2, 0.25) is 0 Å². The Hall–Kier alpha value is -0.800. The van der Waals surface area contributed by atoms with Gasteiger partial charge in [-0.15, -0.1) is 0 Å². The molecule has 0 spiro atoms. The molecule has 1 heterocycles. The molecule has 1 fully saturated rings. The zero-order valence-electron chi connectivity index (χ0n) is 11.6. The second-order valence-corrected chi connectivity index (χ2v) is 5.53. The lowest BCUT2D eigenvalue weighted by Crippen LogP contribution is -2.17. The average molecular weight is 283 g/mol. The van der Waals surface area contributed by atoms with E-state index >= 15 is 0 Å². The Morgan fingerprint density at radius 3 is 2.84 bits per heavy atom. The van der Waals surface area contributed by atoms with Crippen molar-refractivity contribution in [3.8, 4) is 0 Å². The number of rotatable bonds is 6. The number of nitrogens with zero attached hydrogens (tertiary/aromatic N) is 1. The predicted octanol–water partition coefficient (Wildman–Crippen LogP) is 4.41. The summed E-state index contributed by atoms with van der Waals surface area (Å²) in [5, 5.41) is 3.97. The molecule has 0 bridgehead atoms. The molecule has 1 aliphatic rings. The van der Waals surface area contributed by atoms with Crippen molar-refractivity contribution < 1.29 is 4.74 Å². The highest BCUT2D eigenvalue weighted by Crippen LogP contribution is 2.23. The molecule has 3 nitrogen and oxygen atoms in total. The van der Waals surface area contributed by atoms with Gasteiger partial charge in [-0.05, 0) is 31.4 Å². The van der Waals surface area contributed by atoms with E-state index in [2.05, 4.69) is 17.2 Å². The molecule has 1 aromatic heterocycles. The fraction of sp³-hybridized carbons (Fsp3) is 0.667. The Morgan fingerprint density at radius 1 is 1.32 bits per heavy atom. The van der Waals surface area contributed by atoms with Gasteiger partial charge in [0.25, 0.3) is 0 Å². The van der Waals surface area contributed by atoms with Crippen LogP contribution in [0.25, 0.3) is 0 Å². The van der Waals surface area contributed by atoms with Gasteiger partial charge in [-0.1, -0.05) is 37.8 Å². The first-order valence-corrected chi connectivity index (χ1v) is 7.68. The molecular formula is C15H23ClN2O. The van der Waals surface area contributed by atoms with E-state index in [9.17, 15) is 0 Å². The van der Waals surface area contributed by atoms with Crippen LogP contribution in [-0.4, -0.2) is 17.6 Å². The molecule has 1 aromatic rings. The third-order valence-corrected chi connectivity index (χ3v) is 3.83. The van der Waals surface area contributed by atoms with E-state index in [1.807, 2.05) is 12.1 Å². The van der Waals surface area contributed by atoms with Crippen molar-refractivity contribution in [1.82, 2.24) is 4.98 Å². The zero-order chi connectivity index (χ0) is 13.5. The number of nitrogens with one attached hydrogen (secondary N) is 1. The van der Waals surface area contributed by atoms with Gasteiger partial charge >= 0.3 is 0 Å². The van der Waals surface area contributed by atoms with Crippen LogP contribution in [0.3, 0.4) is 0 Å². The first-order chi connectivity index (χ1) is 9.29. The summed E-state index contributed by atoms with van der Waals surface area (Å²) < 4.78 is 5.93. The largest absolute Gasteiger partial charge is 0.372 e. The monoisotopic (exact) mass is 282 g/mol. The fourth-order valence-electron chi connectivity index (χ4n) is 2.37. The number of anilines is 1. The van der Waals surface area contributed by atoms with E-state index in [0.717, 1.165) is 24.5 Å². The van der Waals surface area contributed by atoms with Crippen LogP contribution in [0, 0.1) is 0 Å². The van der Waals surface area contributed by atoms with Crippen LogP contribution < -0.4 is 5.32 Å². The van der Waals surface area contributed by atoms with Crippen LogP contribution in [0.4, 0.5) is 5.82 Å². The van der Waals surface area contributed by atoms with Crippen molar-refractivity contribution in [1.29, 1.82) is 0 Å². The van der Waals surface area contributed by atoms with Gasteiger partial charge in [0.05, 0.1) is 23.4 Å². The lowest BCUT2D eigenvalue weighted by molar-refractivity contribution is 0.0153. The molecule has 0 radical (unpaired) electrons. The standard InChI is InChI=1S/C15H23ClN2O/c1-2-10-17-15-9-8-13(16)14(18-15)11-19-12-6-4-3-5-7-12/h8-9,12H,2-7,10-11H2,1H3,(H,17,18). The Labute approximate surface area is 120 Å². The first kappa shape index (κ1) is 14.6. The normalized spacial score (nSPS) is 16.5. The lowest BCUT2D eigenvalue weighted by atomic mass is 9.98. The summed E-state index contributed by atoms with van der Waals surface area (Å²) in [5.74, 6) is 0.883. The molecule has 1 aliphatic carbocycles. The van der Waals surface area contributed by atoms with Gasteiger partial charge in [0.1, 0.15) is 5.82 Å². The van der Waals surface area contributed by atoms with Crippen molar-refractivity contribution in [2.45, 2.75) is 58.2 Å². The second-order valence-electron chi connectivity index (χ2n) is 5.12. The van der Waals surface area contributed by atoms with Crippen molar-refractivity contribution in [3.63, 3.8) is 0 Å². The van der Waals surface area contributed by atoms with E-state index in [1.165, 1.54) is 32.1 Å². The maximum Gasteiger partial charge on any atom is 0.126 e. The van der Waals surface area contributed by atoms with Gasteiger partial charge < -0.3 is 10.1 Å². The Morgan fingerprint density at radius 2 is 2.11 bits per heavy atom. The third-order valence-electron chi connectivity index (χ3n) is 3.48. The predicted molar refractivity (Wildman–Crippen MR) is 79.7 cm³/mol. The molecule has 0 unspecified atom stereocenters. The molecule has 0 atom stereocenters. The molecule has 106 valence electrons. The molecule has 1 N–H and O–H groups in total. The van der Waals surface area contributed by atoms with E-state index in [4.69, 9.17) is 16.3 Å². The summed E-state index contributed by atoms with van der Waals surface area (Å²) >= 11 is 6.18. The van der Waals surface area contributed by atoms with Gasteiger partial charge in [-0.3, -0.25) is 0 Å². The van der Waals surface area contributed by atoms with Gasteiger partial charge in [-0.2, -0.15) is 0 Å². The molecule has 0 amide bonds. The van der Waals surface area contributed by atoms with E-state index < -0.39 is 0 Å². The topological polar surface area (TPSA) is 34.1 Å². The lowest BCUT2D eigenvalue weighted by Gasteiger charge is -2.22. The van der Waals surface area contributed by atoms with Crippen molar-refractivity contribution >= 4 is 17.4 Å². The number of aromatic nitrogens is 1. The zero-order valence-corrected chi connectivity index (χ0v) is 12.4. The Balaban J connectivity index is 1.90. The SMILES string of the molecule is CCCNc1ccc(Cl)c(COC2CCCCC2)n1. The summed E-state index contributed by atoms with van der Waals surface area (Å²) in [7, 11) is 0. The number of ether oxygens (including phenoxy) is 1. The number of hydrogen-bond acceptors (Lipinski definition) is 3. The van der Waals surface area contributed by atoms with Crippen molar-refractivity contribution in [2.24, 2.45) is 0 Å². The van der Waals surface area contributed by atoms with Crippen LogP contribution >= 0.6 is 11.6 Å². The Bertz CT molecular complexity index is 392. The highest BCUT2D eigenvalue weighted by molar-refractivity contribution is 6.31. The highest BCUT2D eigenvalue weighted by atomic mass is 35.5. The van der Waals surface area contributed by atoms with E-state index in [1.54, 1.807) is 0 Å². The summed E-state index contributed by atoms with van der Waals surface area (Å²) in [4.78, 5) is 4.53. The number of pyridine rings is 1. The van der Waals surface area contributed by atoms with Crippen LogP contribution in [-0.2, 0) is 11.3 Å². The number of hydrogen-bond donors (Lipinski definition) is 1. The summed E-state index contributed by atoms with van der Waals surface area (Å²) in [5.41, 5.74) is 0.841.